The maximum atomic E-state index is 6.65. The first-order valence-corrected chi connectivity index (χ1v) is 8.17. The largest absolute Gasteiger partial charge is 0.386 e. The van der Waals surface area contributed by atoms with Crippen molar-refractivity contribution in [2.24, 2.45) is 23.5 Å². The van der Waals surface area contributed by atoms with Gasteiger partial charge in [0.25, 0.3) is 0 Å². The van der Waals surface area contributed by atoms with E-state index in [2.05, 4.69) is 39.6 Å². The second-order valence-corrected chi connectivity index (χ2v) is 6.69. The van der Waals surface area contributed by atoms with Crippen LogP contribution in [0.2, 0.25) is 0 Å². The van der Waals surface area contributed by atoms with E-state index in [1.54, 1.807) is 0 Å². The maximum Gasteiger partial charge on any atom is 0.0303 e. The molecule has 1 fully saturated rings. The van der Waals surface area contributed by atoms with Crippen LogP contribution in [0.1, 0.15) is 66.2 Å². The average molecular weight is 266 g/mol. The van der Waals surface area contributed by atoms with E-state index in [1.807, 2.05) is 0 Å². The van der Waals surface area contributed by atoms with Crippen molar-refractivity contribution in [3.8, 4) is 0 Å². The molecule has 0 saturated heterocycles. The fraction of sp³-hybridized carbons (Fsp3) is 0.882. The summed E-state index contributed by atoms with van der Waals surface area (Å²) in [5, 5.41) is 3.57. The number of nitrogens with one attached hydrogen (secondary N) is 1. The molecule has 0 spiro atoms. The van der Waals surface area contributed by atoms with Gasteiger partial charge in [-0.3, -0.25) is 0 Å². The highest BCUT2D eigenvalue weighted by molar-refractivity contribution is 4.99. The molecule has 0 radical (unpaired) electrons. The van der Waals surface area contributed by atoms with Crippen LogP contribution < -0.4 is 11.1 Å². The molecule has 3 N–H and O–H groups in total. The zero-order valence-electron chi connectivity index (χ0n) is 13.4. The quantitative estimate of drug-likeness (QED) is 0.695. The molecular formula is C17H34N2. The predicted molar refractivity (Wildman–Crippen MR) is 84.9 cm³/mol. The topological polar surface area (TPSA) is 38.0 Å². The minimum absolute atomic E-state index is 0.349. The number of hydrogen-bond acceptors (Lipinski definition) is 2. The average Bonchev–Trinajstić information content (AvgIpc) is 2.68. The molecule has 4 atom stereocenters. The van der Waals surface area contributed by atoms with Crippen molar-refractivity contribution in [2.75, 3.05) is 0 Å². The van der Waals surface area contributed by atoms with Gasteiger partial charge in [-0.05, 0) is 50.4 Å². The molecule has 19 heavy (non-hydrogen) atoms. The number of nitrogens with two attached hydrogens (primary N) is 1. The Bertz CT molecular complexity index is 268. The lowest BCUT2D eigenvalue weighted by Crippen LogP contribution is -2.45. The van der Waals surface area contributed by atoms with Crippen LogP contribution in [-0.4, -0.2) is 12.1 Å². The zero-order valence-corrected chi connectivity index (χ0v) is 13.4. The first-order valence-electron chi connectivity index (χ1n) is 8.17. The van der Waals surface area contributed by atoms with Crippen LogP contribution in [0.15, 0.2) is 12.3 Å². The van der Waals surface area contributed by atoms with Crippen LogP contribution in [0.25, 0.3) is 0 Å². The summed E-state index contributed by atoms with van der Waals surface area (Å²) in [7, 11) is 0. The van der Waals surface area contributed by atoms with Gasteiger partial charge in [0.1, 0.15) is 0 Å². The van der Waals surface area contributed by atoms with Gasteiger partial charge in [0.05, 0.1) is 0 Å². The first kappa shape index (κ1) is 16.6. The fourth-order valence-corrected chi connectivity index (χ4v) is 3.86. The van der Waals surface area contributed by atoms with E-state index in [1.165, 1.54) is 38.5 Å². The van der Waals surface area contributed by atoms with Gasteiger partial charge in [-0.2, -0.15) is 0 Å². The minimum Gasteiger partial charge on any atom is -0.386 e. The van der Waals surface area contributed by atoms with E-state index >= 15 is 0 Å². The van der Waals surface area contributed by atoms with Crippen molar-refractivity contribution in [1.82, 2.24) is 5.32 Å². The maximum absolute atomic E-state index is 6.65. The van der Waals surface area contributed by atoms with Crippen LogP contribution in [-0.2, 0) is 0 Å². The second-order valence-electron chi connectivity index (χ2n) is 6.69. The van der Waals surface area contributed by atoms with Crippen LogP contribution in [0, 0.1) is 17.8 Å². The Labute approximate surface area is 120 Å². The Morgan fingerprint density at radius 3 is 2.32 bits per heavy atom. The van der Waals surface area contributed by atoms with Gasteiger partial charge >= 0.3 is 0 Å². The molecule has 112 valence electrons. The molecule has 0 aromatic heterocycles. The van der Waals surface area contributed by atoms with E-state index in [0.29, 0.717) is 23.9 Å². The molecule has 0 bridgehead atoms. The molecule has 0 heterocycles. The van der Waals surface area contributed by atoms with Gasteiger partial charge < -0.3 is 11.1 Å². The molecule has 0 aliphatic heterocycles. The lowest BCUT2D eigenvalue weighted by atomic mass is 9.80. The number of rotatable bonds is 8. The van der Waals surface area contributed by atoms with E-state index in [9.17, 15) is 0 Å². The van der Waals surface area contributed by atoms with Crippen LogP contribution >= 0.6 is 0 Å². The van der Waals surface area contributed by atoms with Gasteiger partial charge in [-0.1, -0.05) is 40.2 Å². The molecule has 2 heteroatoms. The number of allylic oxidation sites excluding steroid dienone is 1. The SMILES string of the molecule is C=C(C)N[C@@H]1C[C@H](C)C[C@H]1C(N)C(CCC)CCC. The van der Waals surface area contributed by atoms with Crippen LogP contribution in [0.4, 0.5) is 0 Å². The Morgan fingerprint density at radius 2 is 1.84 bits per heavy atom. The molecule has 1 unspecified atom stereocenters. The van der Waals surface area contributed by atoms with Crippen molar-refractivity contribution in [3.05, 3.63) is 12.3 Å². The van der Waals surface area contributed by atoms with Crippen LogP contribution in [0.3, 0.4) is 0 Å². The molecule has 1 aliphatic carbocycles. The van der Waals surface area contributed by atoms with Crippen molar-refractivity contribution >= 4 is 0 Å². The van der Waals surface area contributed by atoms with Gasteiger partial charge in [-0.25, -0.2) is 0 Å². The molecule has 2 nitrogen and oxygen atoms in total. The van der Waals surface area contributed by atoms with Crippen molar-refractivity contribution in [1.29, 1.82) is 0 Å². The third kappa shape index (κ3) is 4.83. The highest BCUT2D eigenvalue weighted by atomic mass is 14.9. The lowest BCUT2D eigenvalue weighted by Gasteiger charge is -2.33. The summed E-state index contributed by atoms with van der Waals surface area (Å²) in [5.74, 6) is 2.10. The first-order chi connectivity index (χ1) is 8.99. The van der Waals surface area contributed by atoms with Gasteiger partial charge in [0, 0.05) is 17.8 Å². The van der Waals surface area contributed by atoms with Crippen LogP contribution in [0.5, 0.6) is 0 Å². The van der Waals surface area contributed by atoms with Crippen molar-refractivity contribution < 1.29 is 0 Å². The number of hydrogen-bond donors (Lipinski definition) is 2. The Hall–Kier alpha value is -0.500. The highest BCUT2D eigenvalue weighted by Crippen LogP contribution is 2.36. The summed E-state index contributed by atoms with van der Waals surface area (Å²) in [6, 6.07) is 0.889. The molecule has 0 aromatic rings. The van der Waals surface area contributed by atoms with E-state index < -0.39 is 0 Å². The molecule has 1 aliphatic rings. The monoisotopic (exact) mass is 266 g/mol. The molecular weight excluding hydrogens is 232 g/mol. The predicted octanol–water partition coefficient (Wildman–Crippen LogP) is 4.07. The Morgan fingerprint density at radius 1 is 1.26 bits per heavy atom. The standard InChI is InChI=1S/C17H34N2/c1-6-8-14(9-7-2)17(18)15-10-13(5)11-16(15)19-12(3)4/h13-17,19H,3,6-11,18H2,1-2,4-5H3/t13-,15-,16-,17?/m1/s1. The summed E-state index contributed by atoms with van der Waals surface area (Å²) in [4.78, 5) is 0. The Balaban J connectivity index is 2.69. The fourth-order valence-electron chi connectivity index (χ4n) is 3.86. The smallest absolute Gasteiger partial charge is 0.0303 e. The lowest BCUT2D eigenvalue weighted by molar-refractivity contribution is 0.249. The van der Waals surface area contributed by atoms with Crippen molar-refractivity contribution in [2.45, 2.75) is 78.3 Å². The van der Waals surface area contributed by atoms with Gasteiger partial charge in [0.2, 0.25) is 0 Å². The molecule has 0 amide bonds. The third-order valence-corrected chi connectivity index (χ3v) is 4.64. The summed E-state index contributed by atoms with van der Waals surface area (Å²) < 4.78 is 0. The zero-order chi connectivity index (χ0) is 14.4. The summed E-state index contributed by atoms with van der Waals surface area (Å²) >= 11 is 0. The molecule has 0 aromatic carbocycles. The van der Waals surface area contributed by atoms with E-state index in [0.717, 1.165) is 11.6 Å². The van der Waals surface area contributed by atoms with E-state index in [-0.39, 0.29) is 0 Å². The second kappa shape index (κ2) is 7.94. The highest BCUT2D eigenvalue weighted by Gasteiger charge is 2.38. The summed E-state index contributed by atoms with van der Waals surface area (Å²) in [6.45, 7) is 13.0. The van der Waals surface area contributed by atoms with Crippen molar-refractivity contribution in [3.63, 3.8) is 0 Å². The minimum atomic E-state index is 0.349. The normalized spacial score (nSPS) is 28.6. The third-order valence-electron chi connectivity index (χ3n) is 4.64. The summed E-state index contributed by atoms with van der Waals surface area (Å²) in [5.41, 5.74) is 7.74. The summed E-state index contributed by atoms with van der Waals surface area (Å²) in [6.07, 6.45) is 7.57. The molecule has 1 rings (SSSR count). The molecule has 1 saturated carbocycles. The van der Waals surface area contributed by atoms with Gasteiger partial charge in [0.15, 0.2) is 0 Å². The van der Waals surface area contributed by atoms with E-state index in [4.69, 9.17) is 5.73 Å². The Kier molecular flexibility index (Phi) is 6.92. The van der Waals surface area contributed by atoms with Gasteiger partial charge in [-0.15, -0.1) is 0 Å².